The lowest BCUT2D eigenvalue weighted by Gasteiger charge is -2.35. The first kappa shape index (κ1) is 25.8. The molecule has 1 saturated heterocycles. The second kappa shape index (κ2) is 11.5. The van der Waals surface area contributed by atoms with E-state index in [0.717, 1.165) is 29.0 Å². The summed E-state index contributed by atoms with van der Waals surface area (Å²) in [6.07, 6.45) is -5.38. The van der Waals surface area contributed by atoms with Crippen molar-refractivity contribution in [3.05, 3.63) is 53.6 Å². The van der Waals surface area contributed by atoms with E-state index in [4.69, 9.17) is 4.74 Å². The predicted molar refractivity (Wildman–Crippen MR) is 122 cm³/mol. The van der Waals surface area contributed by atoms with Gasteiger partial charge in [-0.15, -0.1) is 13.2 Å². The summed E-state index contributed by atoms with van der Waals surface area (Å²) >= 11 is 0. The van der Waals surface area contributed by atoms with Crippen LogP contribution >= 0.6 is 0 Å². The van der Waals surface area contributed by atoms with Gasteiger partial charge in [0, 0.05) is 38.4 Å². The molecule has 0 aliphatic carbocycles. The summed E-state index contributed by atoms with van der Waals surface area (Å²) in [4.78, 5) is 16.4. The average molecular weight is 482 g/mol. The van der Waals surface area contributed by atoms with Crippen LogP contribution in [0.25, 0.3) is 0 Å². The maximum Gasteiger partial charge on any atom is 0.573 e. The van der Waals surface area contributed by atoms with Crippen LogP contribution in [0.3, 0.4) is 0 Å². The van der Waals surface area contributed by atoms with E-state index in [1.165, 1.54) is 12.1 Å². The molecule has 1 heterocycles. The molecule has 1 fully saturated rings. The Hall–Kier alpha value is -2.82. The van der Waals surface area contributed by atoms with E-state index < -0.39 is 12.5 Å². The van der Waals surface area contributed by atoms with Gasteiger partial charge in [-0.1, -0.05) is 12.1 Å². The van der Waals surface area contributed by atoms with Gasteiger partial charge in [0.1, 0.15) is 24.2 Å². The summed E-state index contributed by atoms with van der Waals surface area (Å²) in [5.41, 5.74) is 2.52. The molecule has 0 spiro atoms. The highest BCUT2D eigenvalue weighted by Crippen LogP contribution is 2.24. The van der Waals surface area contributed by atoms with Crippen molar-refractivity contribution in [1.82, 2.24) is 9.80 Å². The molecule has 7 nitrogen and oxygen atoms in total. The molecule has 2 aromatic rings. The SMILES string of the molecule is Cc1ccc(C)c(OCC(O)CN2CCN(CC(=O)Nc3ccc(OC(F)(F)F)cc3)CC2)c1. The minimum absolute atomic E-state index is 0.174. The van der Waals surface area contributed by atoms with E-state index >= 15 is 0 Å². The van der Waals surface area contributed by atoms with Crippen molar-refractivity contribution in [3.63, 3.8) is 0 Å². The number of piperazine rings is 1. The standard InChI is InChI=1S/C24H30F3N3O4/c1-17-3-4-18(2)22(13-17)33-16-20(31)14-29-9-11-30(12-10-29)15-23(32)28-19-5-7-21(8-6-19)34-24(25,26)27/h3-8,13,20,31H,9-12,14-16H2,1-2H3,(H,28,32). The summed E-state index contributed by atoms with van der Waals surface area (Å²) in [5, 5.41) is 13.0. The van der Waals surface area contributed by atoms with Crippen LogP contribution in [-0.4, -0.2) is 79.2 Å². The highest BCUT2D eigenvalue weighted by atomic mass is 19.4. The van der Waals surface area contributed by atoms with Crippen LogP contribution in [0.4, 0.5) is 18.9 Å². The Morgan fingerprint density at radius 2 is 1.71 bits per heavy atom. The quantitative estimate of drug-likeness (QED) is 0.573. The zero-order chi connectivity index (χ0) is 24.7. The van der Waals surface area contributed by atoms with Gasteiger partial charge in [-0.25, -0.2) is 0 Å². The number of β-amino-alcohol motifs (C(OH)–C–C–N with tert-alkyl or cyclic N) is 1. The Bertz CT molecular complexity index is 945. The Kier molecular flexibility index (Phi) is 8.76. The number of aliphatic hydroxyl groups excluding tert-OH is 1. The zero-order valence-electron chi connectivity index (χ0n) is 19.3. The van der Waals surface area contributed by atoms with Gasteiger partial charge in [0.05, 0.1) is 6.54 Å². The first-order valence-electron chi connectivity index (χ1n) is 11.1. The first-order valence-corrected chi connectivity index (χ1v) is 11.1. The van der Waals surface area contributed by atoms with Crippen molar-refractivity contribution < 1.29 is 32.5 Å². The van der Waals surface area contributed by atoms with E-state index in [9.17, 15) is 23.1 Å². The molecule has 1 aliphatic rings. The van der Waals surface area contributed by atoms with Crippen LogP contribution in [0, 0.1) is 13.8 Å². The smallest absolute Gasteiger partial charge is 0.491 e. The van der Waals surface area contributed by atoms with Gasteiger partial charge in [-0.2, -0.15) is 0 Å². The Labute approximate surface area is 197 Å². The summed E-state index contributed by atoms with van der Waals surface area (Å²) in [6.45, 7) is 7.56. The molecule has 2 N–H and O–H groups in total. The molecule has 0 radical (unpaired) electrons. The molecule has 3 rings (SSSR count). The van der Waals surface area contributed by atoms with Gasteiger partial charge in [0.25, 0.3) is 0 Å². The van der Waals surface area contributed by atoms with Gasteiger partial charge < -0.3 is 19.9 Å². The van der Waals surface area contributed by atoms with E-state index in [-0.39, 0.29) is 24.8 Å². The van der Waals surface area contributed by atoms with Gasteiger partial charge in [-0.3, -0.25) is 14.6 Å². The fourth-order valence-electron chi connectivity index (χ4n) is 3.67. The number of carbonyl (C=O) groups excluding carboxylic acids is 1. The van der Waals surface area contributed by atoms with Crippen molar-refractivity contribution in [2.24, 2.45) is 0 Å². The molecule has 10 heteroatoms. The molecule has 186 valence electrons. The molecule has 2 aromatic carbocycles. The van der Waals surface area contributed by atoms with Crippen LogP contribution in [0.15, 0.2) is 42.5 Å². The van der Waals surface area contributed by atoms with E-state index in [2.05, 4.69) is 15.0 Å². The molecule has 1 amide bonds. The number of carbonyl (C=O) groups is 1. The molecule has 1 unspecified atom stereocenters. The fourth-order valence-corrected chi connectivity index (χ4v) is 3.67. The fraction of sp³-hybridized carbons (Fsp3) is 0.458. The third kappa shape index (κ3) is 8.51. The van der Waals surface area contributed by atoms with E-state index in [1.807, 2.05) is 36.9 Å². The summed E-state index contributed by atoms with van der Waals surface area (Å²) < 4.78 is 46.3. The van der Waals surface area contributed by atoms with Gasteiger partial charge >= 0.3 is 6.36 Å². The highest BCUT2D eigenvalue weighted by Gasteiger charge is 2.31. The van der Waals surface area contributed by atoms with Crippen LogP contribution in [0.2, 0.25) is 0 Å². The number of amides is 1. The van der Waals surface area contributed by atoms with Crippen molar-refractivity contribution >= 4 is 11.6 Å². The lowest BCUT2D eigenvalue weighted by molar-refractivity contribution is -0.274. The number of aryl methyl sites for hydroxylation is 2. The van der Waals surface area contributed by atoms with Gasteiger partial charge in [0.2, 0.25) is 5.91 Å². The van der Waals surface area contributed by atoms with Crippen molar-refractivity contribution in [3.8, 4) is 11.5 Å². The summed E-state index contributed by atoms with van der Waals surface area (Å²) in [7, 11) is 0. The normalized spacial score (nSPS) is 16.2. The summed E-state index contributed by atoms with van der Waals surface area (Å²) in [5.74, 6) is 0.181. The van der Waals surface area contributed by atoms with Gasteiger partial charge in [-0.05, 0) is 55.3 Å². The first-order chi connectivity index (χ1) is 16.1. The van der Waals surface area contributed by atoms with Crippen LogP contribution in [0.5, 0.6) is 11.5 Å². The molecular formula is C24H30F3N3O4. The number of benzene rings is 2. The monoisotopic (exact) mass is 481 g/mol. The van der Waals surface area contributed by atoms with E-state index in [1.54, 1.807) is 0 Å². The lowest BCUT2D eigenvalue weighted by atomic mass is 10.1. The topological polar surface area (TPSA) is 74.3 Å². The Morgan fingerprint density at radius 1 is 1.06 bits per heavy atom. The second-order valence-electron chi connectivity index (χ2n) is 8.43. The molecule has 1 atom stereocenters. The third-order valence-electron chi connectivity index (χ3n) is 5.45. The van der Waals surface area contributed by atoms with Crippen molar-refractivity contribution in [2.75, 3.05) is 51.2 Å². The maximum atomic E-state index is 12.3. The number of hydrogen-bond donors (Lipinski definition) is 2. The number of nitrogens with zero attached hydrogens (tertiary/aromatic N) is 2. The Balaban J connectivity index is 1.35. The van der Waals surface area contributed by atoms with Crippen LogP contribution in [0.1, 0.15) is 11.1 Å². The van der Waals surface area contributed by atoms with Crippen LogP contribution in [-0.2, 0) is 4.79 Å². The minimum Gasteiger partial charge on any atom is -0.491 e. The molecule has 34 heavy (non-hydrogen) atoms. The number of rotatable bonds is 9. The number of alkyl halides is 3. The number of hydrogen-bond acceptors (Lipinski definition) is 6. The molecular weight excluding hydrogens is 451 g/mol. The predicted octanol–water partition coefficient (Wildman–Crippen LogP) is 3.20. The van der Waals surface area contributed by atoms with E-state index in [0.29, 0.717) is 38.4 Å². The summed E-state index contributed by atoms with van der Waals surface area (Å²) in [6, 6.07) is 11.0. The van der Waals surface area contributed by atoms with Crippen LogP contribution < -0.4 is 14.8 Å². The van der Waals surface area contributed by atoms with Gasteiger partial charge in [0.15, 0.2) is 0 Å². The average Bonchev–Trinajstić information content (AvgIpc) is 2.76. The lowest BCUT2D eigenvalue weighted by Crippen LogP contribution is -2.50. The highest BCUT2D eigenvalue weighted by molar-refractivity contribution is 5.92. The Morgan fingerprint density at radius 3 is 2.35 bits per heavy atom. The zero-order valence-corrected chi connectivity index (χ0v) is 19.3. The molecule has 0 aromatic heterocycles. The number of ether oxygens (including phenoxy) is 2. The number of aliphatic hydroxyl groups is 1. The molecule has 0 bridgehead atoms. The van der Waals surface area contributed by atoms with Crippen molar-refractivity contribution in [1.29, 1.82) is 0 Å². The largest absolute Gasteiger partial charge is 0.573 e. The van der Waals surface area contributed by atoms with Crippen molar-refractivity contribution in [2.45, 2.75) is 26.3 Å². The number of anilines is 1. The molecule has 0 saturated carbocycles. The number of nitrogens with one attached hydrogen (secondary N) is 1. The molecule has 1 aliphatic heterocycles. The maximum absolute atomic E-state index is 12.3. The minimum atomic E-state index is -4.75. The number of halogens is 3. The second-order valence-corrected chi connectivity index (χ2v) is 8.43. The third-order valence-corrected chi connectivity index (χ3v) is 5.45.